The lowest BCUT2D eigenvalue weighted by molar-refractivity contribution is -0.178. The summed E-state index contributed by atoms with van der Waals surface area (Å²) < 4.78 is 37.9. The number of hydrogen-bond acceptors (Lipinski definition) is 6. The van der Waals surface area contributed by atoms with Crippen molar-refractivity contribution in [1.29, 1.82) is 0 Å². The standard InChI is InChI=1S/C36H68O6/c1-16-19-31(4,5)37-25-22-34(10,11)40-28-30(42-36(14,15)24-27-39-33(8,9)21-18-3)29-41-35(12,13)23-26-38-32(6,7)20-17-2/h16-18,30H,1-3,19-29H2,4-15H3. The van der Waals surface area contributed by atoms with Gasteiger partial charge in [0.1, 0.15) is 6.10 Å². The van der Waals surface area contributed by atoms with Gasteiger partial charge in [-0.15, -0.1) is 19.7 Å². The van der Waals surface area contributed by atoms with Crippen molar-refractivity contribution in [2.24, 2.45) is 0 Å². The smallest absolute Gasteiger partial charge is 0.105 e. The molecule has 0 aromatic rings. The molecule has 0 unspecified atom stereocenters. The van der Waals surface area contributed by atoms with E-state index >= 15 is 0 Å². The average Bonchev–Trinajstić information content (AvgIpc) is 2.79. The normalized spacial score (nSPS) is 13.9. The highest BCUT2D eigenvalue weighted by molar-refractivity contribution is 4.84. The summed E-state index contributed by atoms with van der Waals surface area (Å²) in [6.45, 7) is 39.2. The SMILES string of the molecule is C=CCC(C)(C)OCCC(C)(C)OCC(COC(C)(C)CCOC(C)(C)CC=C)OC(C)(C)CCOC(C)(C)CC=C. The van der Waals surface area contributed by atoms with Gasteiger partial charge < -0.3 is 28.4 Å². The first-order valence-corrected chi connectivity index (χ1v) is 15.8. The summed E-state index contributed by atoms with van der Waals surface area (Å²) in [6, 6.07) is 0. The lowest BCUT2D eigenvalue weighted by Crippen LogP contribution is -2.42. The third kappa shape index (κ3) is 20.8. The summed E-state index contributed by atoms with van der Waals surface area (Å²) in [5, 5.41) is 0. The predicted octanol–water partition coefficient (Wildman–Crippen LogP) is 9.02. The molecule has 0 radical (unpaired) electrons. The first kappa shape index (κ1) is 41.0. The largest absolute Gasteiger partial charge is 0.375 e. The molecule has 0 aliphatic rings. The average molecular weight is 597 g/mol. The molecule has 0 saturated carbocycles. The van der Waals surface area contributed by atoms with E-state index in [1.807, 2.05) is 18.2 Å². The molecule has 0 N–H and O–H groups in total. The van der Waals surface area contributed by atoms with Gasteiger partial charge in [-0.3, -0.25) is 0 Å². The highest BCUT2D eigenvalue weighted by Gasteiger charge is 2.31. The highest BCUT2D eigenvalue weighted by Crippen LogP contribution is 2.26. The van der Waals surface area contributed by atoms with Crippen LogP contribution >= 0.6 is 0 Å². The molecule has 0 bridgehead atoms. The molecule has 0 heterocycles. The fourth-order valence-electron chi connectivity index (χ4n) is 4.35. The van der Waals surface area contributed by atoms with E-state index in [4.69, 9.17) is 28.4 Å². The summed E-state index contributed by atoms with van der Waals surface area (Å²) in [6.07, 6.45) is 10.1. The zero-order chi connectivity index (χ0) is 32.7. The van der Waals surface area contributed by atoms with Crippen LogP contribution in [0.3, 0.4) is 0 Å². The van der Waals surface area contributed by atoms with E-state index in [1.165, 1.54) is 0 Å². The second kappa shape index (κ2) is 18.1. The monoisotopic (exact) mass is 597 g/mol. The van der Waals surface area contributed by atoms with Crippen molar-refractivity contribution >= 4 is 0 Å². The number of hydrogen-bond donors (Lipinski definition) is 0. The van der Waals surface area contributed by atoms with Gasteiger partial charge in [-0.25, -0.2) is 0 Å². The van der Waals surface area contributed by atoms with Crippen molar-refractivity contribution in [2.45, 2.75) is 161 Å². The van der Waals surface area contributed by atoms with E-state index in [2.05, 4.69) is 103 Å². The van der Waals surface area contributed by atoms with Crippen LogP contribution in [0.2, 0.25) is 0 Å². The van der Waals surface area contributed by atoms with Crippen molar-refractivity contribution in [1.82, 2.24) is 0 Å². The van der Waals surface area contributed by atoms with Crippen LogP contribution in [-0.2, 0) is 28.4 Å². The van der Waals surface area contributed by atoms with E-state index in [9.17, 15) is 0 Å². The minimum atomic E-state index is -0.425. The van der Waals surface area contributed by atoms with Crippen LogP contribution in [0, 0.1) is 0 Å². The van der Waals surface area contributed by atoms with Gasteiger partial charge >= 0.3 is 0 Å². The Morgan fingerprint density at radius 1 is 0.429 bits per heavy atom. The van der Waals surface area contributed by atoms with Gasteiger partial charge in [-0.1, -0.05) is 18.2 Å². The van der Waals surface area contributed by atoms with Crippen molar-refractivity contribution in [3.05, 3.63) is 38.0 Å². The molecule has 6 nitrogen and oxygen atoms in total. The summed E-state index contributed by atoms with van der Waals surface area (Å²) in [4.78, 5) is 0. The first-order valence-electron chi connectivity index (χ1n) is 15.8. The number of rotatable bonds is 26. The molecule has 0 aliphatic heterocycles. The van der Waals surface area contributed by atoms with Crippen molar-refractivity contribution < 1.29 is 28.4 Å². The molecule has 0 aromatic carbocycles. The van der Waals surface area contributed by atoms with Gasteiger partial charge in [-0.2, -0.15) is 0 Å². The minimum Gasteiger partial charge on any atom is -0.375 e. The fourth-order valence-corrected chi connectivity index (χ4v) is 4.35. The van der Waals surface area contributed by atoms with E-state index in [0.717, 1.165) is 38.5 Å². The number of ether oxygens (including phenoxy) is 6. The third-order valence-electron chi connectivity index (χ3n) is 7.30. The molecule has 0 rings (SSSR count). The Labute approximate surface area is 260 Å². The molecule has 0 saturated heterocycles. The first-order chi connectivity index (χ1) is 19.1. The van der Waals surface area contributed by atoms with Crippen molar-refractivity contribution in [3.8, 4) is 0 Å². The highest BCUT2D eigenvalue weighted by atomic mass is 16.6. The molecule has 0 amide bonds. The predicted molar refractivity (Wildman–Crippen MR) is 177 cm³/mol. The van der Waals surface area contributed by atoms with Gasteiger partial charge in [0.15, 0.2) is 0 Å². The molecule has 248 valence electrons. The Hall–Kier alpha value is -1.02. The summed E-state index contributed by atoms with van der Waals surface area (Å²) >= 11 is 0. The van der Waals surface area contributed by atoms with Crippen LogP contribution in [0.15, 0.2) is 38.0 Å². The van der Waals surface area contributed by atoms with E-state index in [1.54, 1.807) is 0 Å². The maximum absolute atomic E-state index is 6.65. The zero-order valence-corrected chi connectivity index (χ0v) is 29.7. The molecule has 42 heavy (non-hydrogen) atoms. The lowest BCUT2D eigenvalue weighted by Gasteiger charge is -2.36. The fraction of sp³-hybridized carbons (Fsp3) is 0.833. The van der Waals surface area contributed by atoms with Gasteiger partial charge in [0.2, 0.25) is 0 Å². The maximum Gasteiger partial charge on any atom is 0.105 e. The lowest BCUT2D eigenvalue weighted by atomic mass is 10.0. The van der Waals surface area contributed by atoms with Crippen LogP contribution in [0.25, 0.3) is 0 Å². The molecule has 0 aliphatic carbocycles. The van der Waals surface area contributed by atoms with E-state index < -0.39 is 5.60 Å². The summed E-state index contributed by atoms with van der Waals surface area (Å²) in [5.74, 6) is 0. The van der Waals surface area contributed by atoms with Gasteiger partial charge in [0.25, 0.3) is 0 Å². The third-order valence-corrected chi connectivity index (χ3v) is 7.30. The van der Waals surface area contributed by atoms with Gasteiger partial charge in [0, 0.05) is 0 Å². The van der Waals surface area contributed by atoms with Gasteiger partial charge in [-0.05, 0) is 122 Å². The summed E-state index contributed by atoms with van der Waals surface area (Å²) in [5.41, 5.74) is -1.91. The molecule has 0 fully saturated rings. The zero-order valence-electron chi connectivity index (χ0n) is 29.7. The Balaban J connectivity index is 5.29. The van der Waals surface area contributed by atoms with Crippen LogP contribution in [-0.4, -0.2) is 72.7 Å². The molecular formula is C36H68O6. The van der Waals surface area contributed by atoms with E-state index in [-0.39, 0.29) is 34.1 Å². The minimum absolute atomic E-state index is 0.236. The molecule has 0 aromatic heterocycles. The second-order valence-corrected chi connectivity index (χ2v) is 15.2. The van der Waals surface area contributed by atoms with Crippen LogP contribution in [0.5, 0.6) is 0 Å². The molecule has 0 atom stereocenters. The second-order valence-electron chi connectivity index (χ2n) is 15.2. The van der Waals surface area contributed by atoms with Crippen LogP contribution in [0.4, 0.5) is 0 Å². The van der Waals surface area contributed by atoms with Gasteiger partial charge in [0.05, 0.1) is 66.6 Å². The van der Waals surface area contributed by atoms with E-state index in [0.29, 0.717) is 33.0 Å². The Bertz CT molecular complexity index is 734. The summed E-state index contributed by atoms with van der Waals surface area (Å²) in [7, 11) is 0. The molecule has 6 heteroatoms. The maximum atomic E-state index is 6.65. The topological polar surface area (TPSA) is 55.4 Å². The quantitative estimate of drug-likeness (QED) is 0.0929. The van der Waals surface area contributed by atoms with Crippen molar-refractivity contribution in [3.63, 3.8) is 0 Å². The molecular weight excluding hydrogens is 528 g/mol. The Kier molecular flexibility index (Phi) is 17.6. The van der Waals surface area contributed by atoms with Crippen molar-refractivity contribution in [2.75, 3.05) is 33.0 Å². The Morgan fingerprint density at radius 2 is 0.714 bits per heavy atom. The van der Waals surface area contributed by atoms with Crippen LogP contribution < -0.4 is 0 Å². The Morgan fingerprint density at radius 3 is 1.00 bits per heavy atom. The molecule has 0 spiro atoms. The van der Waals surface area contributed by atoms with Crippen LogP contribution in [0.1, 0.15) is 122 Å².